The summed E-state index contributed by atoms with van der Waals surface area (Å²) in [5.74, 6) is 0.401. The van der Waals surface area contributed by atoms with Gasteiger partial charge in [0.2, 0.25) is 11.8 Å². The smallest absolute Gasteiger partial charge is 0.248 e. The van der Waals surface area contributed by atoms with E-state index in [1.54, 1.807) is 11.0 Å². The summed E-state index contributed by atoms with van der Waals surface area (Å²) in [6, 6.07) is 14.9. The third-order valence-corrected chi connectivity index (χ3v) is 5.21. The average molecular weight is 436 g/mol. The van der Waals surface area contributed by atoms with E-state index < -0.39 is 0 Å². The van der Waals surface area contributed by atoms with Crippen molar-refractivity contribution in [1.29, 1.82) is 0 Å². The number of carbonyl (C=O) groups is 2. The number of ether oxygens (including phenoxy) is 1. The zero-order chi connectivity index (χ0) is 22.2. The van der Waals surface area contributed by atoms with Crippen LogP contribution in [0.4, 0.5) is 16.5 Å². The zero-order valence-corrected chi connectivity index (χ0v) is 18.6. The monoisotopic (exact) mass is 435 g/mol. The van der Waals surface area contributed by atoms with Crippen molar-refractivity contribution in [3.05, 3.63) is 71.2 Å². The summed E-state index contributed by atoms with van der Waals surface area (Å²) in [6.45, 7) is 6.14. The van der Waals surface area contributed by atoms with Crippen molar-refractivity contribution in [3.63, 3.8) is 0 Å². The summed E-state index contributed by atoms with van der Waals surface area (Å²) in [5, 5.41) is 5.23. The molecule has 7 heteroatoms. The maximum Gasteiger partial charge on any atom is 0.248 e. The van der Waals surface area contributed by atoms with Gasteiger partial charge in [-0.25, -0.2) is 4.98 Å². The molecule has 0 aliphatic carbocycles. The van der Waals surface area contributed by atoms with E-state index in [1.165, 1.54) is 24.3 Å². The molecule has 0 spiro atoms. The van der Waals surface area contributed by atoms with E-state index in [2.05, 4.69) is 17.2 Å². The Labute approximate surface area is 186 Å². The van der Waals surface area contributed by atoms with Crippen molar-refractivity contribution in [3.8, 4) is 5.75 Å². The summed E-state index contributed by atoms with van der Waals surface area (Å²) in [4.78, 5) is 30.5. The Bertz CT molecular complexity index is 1080. The molecule has 31 heavy (non-hydrogen) atoms. The summed E-state index contributed by atoms with van der Waals surface area (Å²) in [6.07, 6.45) is 4.00. The van der Waals surface area contributed by atoms with E-state index >= 15 is 0 Å². The molecule has 0 unspecified atom stereocenters. The van der Waals surface area contributed by atoms with Crippen LogP contribution in [0, 0.1) is 6.92 Å². The molecule has 6 nitrogen and oxygen atoms in total. The molecule has 0 aliphatic rings. The van der Waals surface area contributed by atoms with Crippen LogP contribution in [0.2, 0.25) is 0 Å². The highest BCUT2D eigenvalue weighted by Gasteiger charge is 2.17. The number of aromatic nitrogens is 1. The van der Waals surface area contributed by atoms with Gasteiger partial charge in [-0.1, -0.05) is 25.1 Å². The van der Waals surface area contributed by atoms with Crippen LogP contribution in [-0.2, 0) is 9.59 Å². The van der Waals surface area contributed by atoms with Crippen LogP contribution in [0.25, 0.3) is 6.08 Å². The van der Waals surface area contributed by atoms with Crippen molar-refractivity contribution in [2.45, 2.75) is 27.2 Å². The van der Waals surface area contributed by atoms with Crippen LogP contribution in [0.15, 0.2) is 60.0 Å². The van der Waals surface area contributed by atoms with Crippen molar-refractivity contribution >= 4 is 45.7 Å². The highest BCUT2D eigenvalue weighted by molar-refractivity contribution is 7.14. The Morgan fingerprint density at radius 3 is 2.65 bits per heavy atom. The lowest BCUT2D eigenvalue weighted by atomic mass is 10.2. The molecule has 2 aromatic carbocycles. The fraction of sp³-hybridized carbons (Fsp3) is 0.208. The van der Waals surface area contributed by atoms with Gasteiger partial charge < -0.3 is 10.1 Å². The molecule has 3 rings (SSSR count). The molecule has 160 valence electrons. The first kappa shape index (κ1) is 22.2. The predicted octanol–water partition coefficient (Wildman–Crippen LogP) is 5.58. The number of carbonyl (C=O) groups excluding carboxylic acids is 2. The molecule has 1 heterocycles. The molecule has 2 amide bonds. The molecule has 0 saturated heterocycles. The Morgan fingerprint density at radius 1 is 1.19 bits per heavy atom. The highest BCUT2D eigenvalue weighted by atomic mass is 32.1. The normalized spacial score (nSPS) is 10.8. The molecular weight excluding hydrogens is 410 g/mol. The zero-order valence-electron chi connectivity index (χ0n) is 17.8. The van der Waals surface area contributed by atoms with Crippen molar-refractivity contribution in [1.82, 2.24) is 4.98 Å². The number of benzene rings is 2. The largest absolute Gasteiger partial charge is 0.494 e. The Hall–Kier alpha value is -3.45. The fourth-order valence-electron chi connectivity index (χ4n) is 2.88. The molecule has 0 bridgehead atoms. The van der Waals surface area contributed by atoms with Crippen LogP contribution in [-0.4, -0.2) is 23.4 Å². The molecule has 0 aliphatic heterocycles. The Balaban J connectivity index is 1.67. The first-order chi connectivity index (χ1) is 15.0. The van der Waals surface area contributed by atoms with Crippen molar-refractivity contribution in [2.24, 2.45) is 0 Å². The lowest BCUT2D eigenvalue weighted by molar-refractivity contribution is -0.116. The Kier molecular flexibility index (Phi) is 7.56. The van der Waals surface area contributed by atoms with Gasteiger partial charge >= 0.3 is 0 Å². The van der Waals surface area contributed by atoms with E-state index in [9.17, 15) is 9.59 Å². The second-order valence-electron chi connectivity index (χ2n) is 6.89. The summed E-state index contributed by atoms with van der Waals surface area (Å²) in [5.41, 5.74) is 3.01. The number of thiazole rings is 1. The van der Waals surface area contributed by atoms with Gasteiger partial charge in [-0.3, -0.25) is 14.5 Å². The standard InChI is InChI=1S/C24H25N3O3S/c1-4-14-30-21-11-12-22(17(2)15-21)26-23(29)13-10-19-16-31-24(25-19)27(18(3)28)20-8-6-5-7-9-20/h5-13,15-16H,4,14H2,1-3H3,(H,26,29)/b13-10+. The van der Waals surface area contributed by atoms with E-state index in [0.29, 0.717) is 17.4 Å². The van der Waals surface area contributed by atoms with E-state index in [4.69, 9.17) is 4.74 Å². The molecule has 1 N–H and O–H groups in total. The molecule has 0 radical (unpaired) electrons. The molecule has 0 saturated carbocycles. The minimum atomic E-state index is -0.258. The topological polar surface area (TPSA) is 71.5 Å². The van der Waals surface area contributed by atoms with Gasteiger partial charge in [0.15, 0.2) is 5.13 Å². The van der Waals surface area contributed by atoms with Crippen molar-refractivity contribution in [2.75, 3.05) is 16.8 Å². The third kappa shape index (κ3) is 6.02. The van der Waals surface area contributed by atoms with Gasteiger partial charge in [0.05, 0.1) is 18.0 Å². The average Bonchev–Trinajstić information content (AvgIpc) is 3.21. The van der Waals surface area contributed by atoms with E-state index in [1.807, 2.05) is 60.8 Å². The number of anilines is 3. The minimum absolute atomic E-state index is 0.129. The molecular formula is C24H25N3O3S. The maximum atomic E-state index is 12.3. The quantitative estimate of drug-likeness (QED) is 0.469. The maximum absolute atomic E-state index is 12.3. The number of hydrogen-bond acceptors (Lipinski definition) is 5. The summed E-state index contributed by atoms with van der Waals surface area (Å²) in [7, 11) is 0. The number of para-hydroxylation sites is 1. The molecule has 0 atom stereocenters. The predicted molar refractivity (Wildman–Crippen MR) is 126 cm³/mol. The number of amides is 2. The van der Waals surface area contributed by atoms with Gasteiger partial charge in [-0.15, -0.1) is 11.3 Å². The van der Waals surface area contributed by atoms with Crippen LogP contribution in [0.1, 0.15) is 31.5 Å². The second kappa shape index (κ2) is 10.5. The van der Waals surface area contributed by atoms with Gasteiger partial charge in [-0.05, 0) is 55.3 Å². The first-order valence-electron chi connectivity index (χ1n) is 10.0. The lowest BCUT2D eigenvalue weighted by Crippen LogP contribution is -2.22. The minimum Gasteiger partial charge on any atom is -0.494 e. The second-order valence-corrected chi connectivity index (χ2v) is 7.73. The number of aryl methyl sites for hydroxylation is 1. The molecule has 1 aromatic heterocycles. The van der Waals surface area contributed by atoms with Crippen LogP contribution >= 0.6 is 11.3 Å². The van der Waals surface area contributed by atoms with Crippen LogP contribution in [0.5, 0.6) is 5.75 Å². The molecule has 0 fully saturated rings. The number of nitrogens with one attached hydrogen (secondary N) is 1. The highest BCUT2D eigenvalue weighted by Crippen LogP contribution is 2.29. The Morgan fingerprint density at radius 2 is 1.97 bits per heavy atom. The number of hydrogen-bond donors (Lipinski definition) is 1. The summed E-state index contributed by atoms with van der Waals surface area (Å²) >= 11 is 1.34. The van der Waals surface area contributed by atoms with E-state index in [0.717, 1.165) is 29.1 Å². The van der Waals surface area contributed by atoms with Gasteiger partial charge in [0.1, 0.15) is 5.75 Å². The fourth-order valence-corrected chi connectivity index (χ4v) is 3.74. The van der Waals surface area contributed by atoms with E-state index in [-0.39, 0.29) is 11.8 Å². The van der Waals surface area contributed by atoms with Gasteiger partial charge in [0, 0.05) is 24.1 Å². The van der Waals surface area contributed by atoms with Crippen LogP contribution < -0.4 is 15.0 Å². The first-order valence-corrected chi connectivity index (χ1v) is 10.9. The number of nitrogens with zero attached hydrogens (tertiary/aromatic N) is 2. The molecule has 3 aromatic rings. The summed E-state index contributed by atoms with van der Waals surface area (Å²) < 4.78 is 5.61. The third-order valence-electron chi connectivity index (χ3n) is 4.36. The SMILES string of the molecule is CCCOc1ccc(NC(=O)/C=C/c2csc(N(C(C)=O)c3ccccc3)n2)c(C)c1. The van der Waals surface area contributed by atoms with Crippen LogP contribution in [0.3, 0.4) is 0 Å². The lowest BCUT2D eigenvalue weighted by Gasteiger charge is -2.17. The number of rotatable bonds is 8. The van der Waals surface area contributed by atoms with Gasteiger partial charge in [-0.2, -0.15) is 0 Å². The van der Waals surface area contributed by atoms with Crippen molar-refractivity contribution < 1.29 is 14.3 Å². The van der Waals surface area contributed by atoms with Gasteiger partial charge in [0.25, 0.3) is 0 Å².